The van der Waals surface area contributed by atoms with Crippen molar-refractivity contribution in [2.45, 2.75) is 6.92 Å². The van der Waals surface area contributed by atoms with Crippen molar-refractivity contribution in [2.75, 3.05) is 11.1 Å². The Labute approximate surface area is 131 Å². The van der Waals surface area contributed by atoms with E-state index in [4.69, 9.17) is 5.73 Å². The molecule has 0 aliphatic rings. The maximum atomic E-state index is 11.1. The number of anilines is 2. The third-order valence-electron chi connectivity index (χ3n) is 2.96. The number of rotatable bonds is 3. The van der Waals surface area contributed by atoms with Gasteiger partial charge in [-0.05, 0) is 12.1 Å². The molecule has 0 atom stereocenters. The lowest BCUT2D eigenvalue weighted by Crippen LogP contribution is -2.05. The van der Waals surface area contributed by atoms with Gasteiger partial charge < -0.3 is 11.1 Å². The lowest BCUT2D eigenvalue weighted by Gasteiger charge is -2.03. The summed E-state index contributed by atoms with van der Waals surface area (Å²) in [6, 6.07) is 7.53. The Bertz CT molecular complexity index is 830. The fourth-order valence-electron chi connectivity index (χ4n) is 1.99. The molecule has 2 heterocycles. The Hall–Kier alpha value is -2.80. The first kappa shape index (κ1) is 14.2. The maximum Gasteiger partial charge on any atom is 0.221 e. The highest BCUT2D eigenvalue weighted by molar-refractivity contribution is 7.13. The molecule has 1 aromatic carbocycles. The van der Waals surface area contributed by atoms with Crippen LogP contribution in [0.4, 0.5) is 11.5 Å². The van der Waals surface area contributed by atoms with Gasteiger partial charge in [-0.25, -0.2) is 15.0 Å². The summed E-state index contributed by atoms with van der Waals surface area (Å²) in [5.41, 5.74) is 9.04. The van der Waals surface area contributed by atoms with Gasteiger partial charge in [0.25, 0.3) is 0 Å². The van der Waals surface area contributed by atoms with E-state index in [0.29, 0.717) is 5.82 Å². The lowest BCUT2D eigenvalue weighted by molar-refractivity contribution is -0.114. The van der Waals surface area contributed by atoms with Crippen molar-refractivity contribution in [3.05, 3.63) is 42.2 Å². The molecule has 6 nitrogen and oxygen atoms in total. The molecule has 3 N–H and O–H groups in total. The second-order valence-corrected chi connectivity index (χ2v) is 5.48. The summed E-state index contributed by atoms with van der Waals surface area (Å²) in [5, 5.41) is 5.46. The number of nitrogens with one attached hydrogen (secondary N) is 1. The average Bonchev–Trinajstić information content (AvgIpc) is 2.97. The number of nitrogens with two attached hydrogens (primary N) is 1. The molecular weight excluding hydrogens is 298 g/mol. The van der Waals surface area contributed by atoms with E-state index in [0.717, 1.165) is 27.5 Å². The molecule has 0 saturated heterocycles. The number of carbonyl (C=O) groups is 1. The van der Waals surface area contributed by atoms with E-state index in [-0.39, 0.29) is 5.91 Å². The first-order valence-electron chi connectivity index (χ1n) is 6.53. The molecule has 0 radical (unpaired) electrons. The van der Waals surface area contributed by atoms with Gasteiger partial charge in [-0.3, -0.25) is 4.79 Å². The van der Waals surface area contributed by atoms with Crippen LogP contribution in [-0.2, 0) is 4.79 Å². The van der Waals surface area contributed by atoms with Crippen molar-refractivity contribution in [3.63, 3.8) is 0 Å². The molecule has 22 heavy (non-hydrogen) atoms. The van der Waals surface area contributed by atoms with Gasteiger partial charge in [0.05, 0.1) is 11.3 Å². The van der Waals surface area contributed by atoms with Crippen LogP contribution >= 0.6 is 11.3 Å². The number of nitrogen functional groups attached to an aromatic ring is 1. The Balaban J connectivity index is 1.94. The minimum Gasteiger partial charge on any atom is -0.383 e. The van der Waals surface area contributed by atoms with Gasteiger partial charge in [0.15, 0.2) is 0 Å². The van der Waals surface area contributed by atoms with Crippen molar-refractivity contribution >= 4 is 28.7 Å². The molecular formula is C15H13N5OS. The van der Waals surface area contributed by atoms with Crippen molar-refractivity contribution in [1.82, 2.24) is 15.0 Å². The monoisotopic (exact) mass is 311 g/mol. The highest BCUT2D eigenvalue weighted by Gasteiger charge is 2.10. The highest BCUT2D eigenvalue weighted by atomic mass is 32.1. The lowest BCUT2D eigenvalue weighted by atomic mass is 10.1. The quantitative estimate of drug-likeness (QED) is 0.775. The van der Waals surface area contributed by atoms with E-state index in [1.807, 2.05) is 29.6 Å². The number of benzene rings is 1. The number of hydrogen-bond donors (Lipinski definition) is 2. The highest BCUT2D eigenvalue weighted by Crippen LogP contribution is 2.31. The first-order valence-corrected chi connectivity index (χ1v) is 7.41. The Morgan fingerprint density at radius 3 is 3.00 bits per heavy atom. The molecule has 1 amide bonds. The maximum absolute atomic E-state index is 11.1. The zero-order valence-corrected chi connectivity index (χ0v) is 12.6. The third kappa shape index (κ3) is 2.94. The summed E-state index contributed by atoms with van der Waals surface area (Å²) in [6.07, 6.45) is 3.06. The molecule has 0 fully saturated rings. The Kier molecular flexibility index (Phi) is 3.80. The number of carbonyl (C=O) groups excluding carboxylic acids is 1. The molecule has 3 rings (SSSR count). The largest absolute Gasteiger partial charge is 0.383 e. The minimum atomic E-state index is -0.106. The normalized spacial score (nSPS) is 10.4. The predicted octanol–water partition coefficient (Wildman–Crippen LogP) is 2.81. The SMILES string of the molecule is CC(=O)Nc1cccc(-c2csc(-c3cncnc3N)n2)c1. The van der Waals surface area contributed by atoms with E-state index >= 15 is 0 Å². The molecule has 0 unspecified atom stereocenters. The second kappa shape index (κ2) is 5.90. The van der Waals surface area contributed by atoms with E-state index in [9.17, 15) is 4.79 Å². The summed E-state index contributed by atoms with van der Waals surface area (Å²) >= 11 is 1.47. The van der Waals surface area contributed by atoms with Crippen molar-refractivity contribution < 1.29 is 4.79 Å². The van der Waals surface area contributed by atoms with Gasteiger partial charge in [0.1, 0.15) is 17.2 Å². The molecule has 7 heteroatoms. The van der Waals surface area contributed by atoms with Crippen LogP contribution in [0.25, 0.3) is 21.8 Å². The van der Waals surface area contributed by atoms with Crippen LogP contribution in [-0.4, -0.2) is 20.9 Å². The summed E-state index contributed by atoms with van der Waals surface area (Å²) in [7, 11) is 0. The molecule has 3 aromatic rings. The van der Waals surface area contributed by atoms with E-state index < -0.39 is 0 Å². The van der Waals surface area contributed by atoms with E-state index in [1.165, 1.54) is 24.6 Å². The number of aromatic nitrogens is 3. The smallest absolute Gasteiger partial charge is 0.221 e. The van der Waals surface area contributed by atoms with Crippen LogP contribution in [0.15, 0.2) is 42.2 Å². The standard InChI is InChI=1S/C15H13N5OS/c1-9(21)19-11-4-2-3-10(5-11)13-7-22-15(20-13)12-6-17-8-18-14(12)16/h2-8H,1H3,(H,19,21)(H2,16,17,18). The zero-order chi connectivity index (χ0) is 15.5. The minimum absolute atomic E-state index is 0.106. The number of hydrogen-bond acceptors (Lipinski definition) is 6. The molecule has 0 aliphatic heterocycles. The van der Waals surface area contributed by atoms with Gasteiger partial charge in [-0.1, -0.05) is 12.1 Å². The van der Waals surface area contributed by atoms with Crippen molar-refractivity contribution in [1.29, 1.82) is 0 Å². The van der Waals surface area contributed by atoms with Crippen LogP contribution in [0, 0.1) is 0 Å². The van der Waals surface area contributed by atoms with Gasteiger partial charge in [-0.15, -0.1) is 11.3 Å². The van der Waals surface area contributed by atoms with Crippen LogP contribution in [0.1, 0.15) is 6.92 Å². The third-order valence-corrected chi connectivity index (χ3v) is 3.83. The molecule has 0 spiro atoms. The van der Waals surface area contributed by atoms with Gasteiger partial charge in [0.2, 0.25) is 5.91 Å². The van der Waals surface area contributed by atoms with E-state index in [1.54, 1.807) is 6.20 Å². The van der Waals surface area contributed by atoms with Crippen LogP contribution < -0.4 is 11.1 Å². The second-order valence-electron chi connectivity index (χ2n) is 4.62. The van der Waals surface area contributed by atoms with Crippen LogP contribution in [0.3, 0.4) is 0 Å². The Morgan fingerprint density at radius 1 is 1.36 bits per heavy atom. The number of nitrogens with zero attached hydrogens (tertiary/aromatic N) is 3. The summed E-state index contributed by atoms with van der Waals surface area (Å²) < 4.78 is 0. The van der Waals surface area contributed by atoms with Gasteiger partial charge in [0, 0.05) is 29.8 Å². The average molecular weight is 311 g/mol. The van der Waals surface area contributed by atoms with Gasteiger partial charge >= 0.3 is 0 Å². The zero-order valence-electron chi connectivity index (χ0n) is 11.8. The fraction of sp³-hybridized carbons (Fsp3) is 0.0667. The fourth-order valence-corrected chi connectivity index (χ4v) is 2.84. The van der Waals surface area contributed by atoms with Gasteiger partial charge in [-0.2, -0.15) is 0 Å². The first-order chi connectivity index (χ1) is 10.6. The topological polar surface area (TPSA) is 93.8 Å². The molecule has 0 bridgehead atoms. The summed E-state index contributed by atoms with van der Waals surface area (Å²) in [5.74, 6) is 0.299. The molecule has 110 valence electrons. The van der Waals surface area contributed by atoms with E-state index in [2.05, 4.69) is 20.3 Å². The van der Waals surface area contributed by atoms with Crippen LogP contribution in [0.5, 0.6) is 0 Å². The van der Waals surface area contributed by atoms with Crippen molar-refractivity contribution in [2.24, 2.45) is 0 Å². The summed E-state index contributed by atoms with van der Waals surface area (Å²) in [4.78, 5) is 23.7. The molecule has 2 aromatic heterocycles. The number of amides is 1. The molecule has 0 saturated carbocycles. The summed E-state index contributed by atoms with van der Waals surface area (Å²) in [6.45, 7) is 1.48. The number of thiazole rings is 1. The predicted molar refractivity (Wildman–Crippen MR) is 87.3 cm³/mol. The van der Waals surface area contributed by atoms with Crippen molar-refractivity contribution in [3.8, 4) is 21.8 Å². The Morgan fingerprint density at radius 2 is 2.23 bits per heavy atom. The molecule has 0 aliphatic carbocycles. The van der Waals surface area contributed by atoms with Crippen LogP contribution in [0.2, 0.25) is 0 Å².